The van der Waals surface area contributed by atoms with E-state index in [0.29, 0.717) is 5.92 Å². The molecule has 1 rings (SSSR count). The van der Waals surface area contributed by atoms with E-state index in [0.717, 1.165) is 62.2 Å². The first-order valence-electron chi connectivity index (χ1n) is 7.95. The van der Waals surface area contributed by atoms with Gasteiger partial charge in [-0.3, -0.25) is 0 Å². The highest BCUT2D eigenvalue weighted by molar-refractivity contribution is 5.57. The molecule has 0 saturated heterocycles. The third-order valence-corrected chi connectivity index (χ3v) is 3.01. The van der Waals surface area contributed by atoms with Crippen LogP contribution in [0.2, 0.25) is 0 Å². The van der Waals surface area contributed by atoms with E-state index in [4.69, 9.17) is 4.74 Å². The fourth-order valence-electron chi connectivity index (χ4n) is 1.92. The van der Waals surface area contributed by atoms with E-state index in [2.05, 4.69) is 48.3 Å². The quantitative estimate of drug-likeness (QED) is 0.648. The van der Waals surface area contributed by atoms with Crippen LogP contribution in [-0.2, 0) is 4.74 Å². The number of nitrogens with zero attached hydrogens (tertiary/aromatic N) is 2. The summed E-state index contributed by atoms with van der Waals surface area (Å²) in [6.07, 6.45) is 2.06. The molecular weight excluding hydrogens is 264 g/mol. The van der Waals surface area contributed by atoms with Crippen molar-refractivity contribution >= 4 is 11.6 Å². The molecule has 0 atom stereocenters. The largest absolute Gasteiger partial charge is 0.381 e. The van der Waals surface area contributed by atoms with E-state index < -0.39 is 0 Å². The first-order chi connectivity index (χ1) is 10.0. The maximum atomic E-state index is 5.58. The van der Waals surface area contributed by atoms with Crippen molar-refractivity contribution < 1.29 is 4.74 Å². The van der Waals surface area contributed by atoms with Crippen molar-refractivity contribution in [2.45, 2.75) is 47.5 Å². The van der Waals surface area contributed by atoms with Crippen LogP contribution in [0.1, 0.15) is 45.0 Å². The lowest BCUT2D eigenvalue weighted by atomic mass is 10.2. The summed E-state index contributed by atoms with van der Waals surface area (Å²) in [5.41, 5.74) is 1.08. The van der Waals surface area contributed by atoms with Gasteiger partial charge in [0.05, 0.1) is 0 Å². The Morgan fingerprint density at radius 1 is 1.05 bits per heavy atom. The zero-order chi connectivity index (χ0) is 15.7. The normalized spacial score (nSPS) is 11.0. The van der Waals surface area contributed by atoms with Gasteiger partial charge in [0.2, 0.25) is 0 Å². The number of aryl methyl sites for hydroxylation is 1. The Balaban J connectivity index is 2.45. The molecule has 0 aromatic carbocycles. The lowest BCUT2D eigenvalue weighted by Crippen LogP contribution is -2.13. The average molecular weight is 294 g/mol. The predicted molar refractivity (Wildman–Crippen MR) is 89.1 cm³/mol. The zero-order valence-corrected chi connectivity index (χ0v) is 14.1. The van der Waals surface area contributed by atoms with Crippen LogP contribution in [0.4, 0.5) is 11.6 Å². The van der Waals surface area contributed by atoms with Crippen LogP contribution in [0.15, 0.2) is 0 Å². The number of hydrogen-bond acceptors (Lipinski definition) is 5. The summed E-state index contributed by atoms with van der Waals surface area (Å²) in [6.45, 7) is 13.9. The van der Waals surface area contributed by atoms with E-state index in [9.17, 15) is 0 Å². The van der Waals surface area contributed by atoms with Gasteiger partial charge in [0.15, 0.2) is 0 Å². The molecule has 1 heterocycles. The van der Waals surface area contributed by atoms with E-state index in [1.807, 2.05) is 6.92 Å². The third-order valence-electron chi connectivity index (χ3n) is 3.01. The Morgan fingerprint density at radius 2 is 1.67 bits per heavy atom. The van der Waals surface area contributed by atoms with Gasteiger partial charge in [-0.1, -0.05) is 20.8 Å². The van der Waals surface area contributed by atoms with Crippen LogP contribution in [0.3, 0.4) is 0 Å². The number of nitrogens with one attached hydrogen (secondary N) is 2. The molecule has 5 heteroatoms. The molecular formula is C16H30N4O. The standard InChI is InChI=1S/C16H30N4O/c1-6-8-17-15-13(4)16(20-14(5)19-15)18-9-7-10-21-11-12(2)3/h12H,6-11H2,1-5H3,(H2,17,18,19,20). The van der Waals surface area contributed by atoms with Gasteiger partial charge < -0.3 is 15.4 Å². The van der Waals surface area contributed by atoms with Crippen molar-refractivity contribution in [1.29, 1.82) is 0 Å². The molecule has 2 N–H and O–H groups in total. The van der Waals surface area contributed by atoms with Crippen molar-refractivity contribution in [1.82, 2.24) is 9.97 Å². The molecule has 1 aromatic rings. The van der Waals surface area contributed by atoms with Crippen molar-refractivity contribution in [3.8, 4) is 0 Å². The Kier molecular flexibility index (Phi) is 8.05. The molecule has 5 nitrogen and oxygen atoms in total. The van der Waals surface area contributed by atoms with Crippen molar-refractivity contribution in [2.24, 2.45) is 5.92 Å². The minimum Gasteiger partial charge on any atom is -0.381 e. The number of ether oxygens (including phenoxy) is 1. The first-order valence-corrected chi connectivity index (χ1v) is 7.95. The molecule has 0 aliphatic heterocycles. The molecule has 0 fully saturated rings. The number of anilines is 2. The molecule has 1 aromatic heterocycles. The minimum absolute atomic E-state index is 0.594. The minimum atomic E-state index is 0.594. The number of aromatic nitrogens is 2. The second kappa shape index (κ2) is 9.55. The molecule has 0 unspecified atom stereocenters. The van der Waals surface area contributed by atoms with Gasteiger partial charge in [-0.05, 0) is 32.6 Å². The van der Waals surface area contributed by atoms with Crippen molar-refractivity contribution in [3.05, 3.63) is 11.4 Å². The van der Waals surface area contributed by atoms with Gasteiger partial charge in [-0.15, -0.1) is 0 Å². The fourth-order valence-corrected chi connectivity index (χ4v) is 1.92. The molecule has 21 heavy (non-hydrogen) atoms. The summed E-state index contributed by atoms with van der Waals surface area (Å²) < 4.78 is 5.58. The summed E-state index contributed by atoms with van der Waals surface area (Å²) in [5.74, 6) is 3.24. The van der Waals surface area contributed by atoms with Crippen molar-refractivity contribution in [2.75, 3.05) is 36.9 Å². The molecule has 0 bridgehead atoms. The van der Waals surface area contributed by atoms with E-state index >= 15 is 0 Å². The maximum Gasteiger partial charge on any atom is 0.134 e. The monoisotopic (exact) mass is 294 g/mol. The van der Waals surface area contributed by atoms with E-state index in [1.165, 1.54) is 0 Å². The third kappa shape index (κ3) is 6.76. The molecule has 0 aliphatic rings. The van der Waals surface area contributed by atoms with Crippen molar-refractivity contribution in [3.63, 3.8) is 0 Å². The van der Waals surface area contributed by atoms with Crippen LogP contribution >= 0.6 is 0 Å². The van der Waals surface area contributed by atoms with Crippen LogP contribution in [0.25, 0.3) is 0 Å². The summed E-state index contributed by atoms with van der Waals surface area (Å²) in [7, 11) is 0. The topological polar surface area (TPSA) is 59.1 Å². The van der Waals surface area contributed by atoms with Crippen LogP contribution in [0, 0.1) is 19.8 Å². The Morgan fingerprint density at radius 3 is 2.24 bits per heavy atom. The molecule has 0 aliphatic carbocycles. The fraction of sp³-hybridized carbons (Fsp3) is 0.750. The molecule has 0 amide bonds. The summed E-state index contributed by atoms with van der Waals surface area (Å²) >= 11 is 0. The predicted octanol–water partition coefficient (Wildman–Crippen LogP) is 3.39. The lowest BCUT2D eigenvalue weighted by Gasteiger charge is -2.14. The first kappa shape index (κ1) is 17.7. The van der Waals surface area contributed by atoms with Crippen LogP contribution in [-0.4, -0.2) is 36.3 Å². The number of hydrogen-bond donors (Lipinski definition) is 2. The Bertz CT molecular complexity index is 421. The highest BCUT2D eigenvalue weighted by Gasteiger charge is 2.08. The van der Waals surface area contributed by atoms with Crippen LogP contribution < -0.4 is 10.6 Å². The highest BCUT2D eigenvalue weighted by atomic mass is 16.5. The smallest absolute Gasteiger partial charge is 0.134 e. The van der Waals surface area contributed by atoms with Gasteiger partial charge in [0, 0.05) is 31.9 Å². The summed E-state index contributed by atoms with van der Waals surface area (Å²) in [4.78, 5) is 8.95. The van der Waals surface area contributed by atoms with Crippen LogP contribution in [0.5, 0.6) is 0 Å². The van der Waals surface area contributed by atoms with Gasteiger partial charge in [0.25, 0.3) is 0 Å². The zero-order valence-electron chi connectivity index (χ0n) is 14.1. The van der Waals surface area contributed by atoms with E-state index in [-0.39, 0.29) is 0 Å². The Hall–Kier alpha value is -1.36. The molecule has 0 saturated carbocycles. The number of rotatable bonds is 10. The lowest BCUT2D eigenvalue weighted by molar-refractivity contribution is 0.110. The molecule has 0 radical (unpaired) electrons. The Labute approximate surface area is 128 Å². The van der Waals surface area contributed by atoms with E-state index in [1.54, 1.807) is 0 Å². The second-order valence-electron chi connectivity index (χ2n) is 5.77. The SMILES string of the molecule is CCCNc1nc(C)nc(NCCCOCC(C)C)c1C. The van der Waals surface area contributed by atoms with Gasteiger partial charge in [0.1, 0.15) is 17.5 Å². The summed E-state index contributed by atoms with van der Waals surface area (Å²) in [5, 5.41) is 6.74. The summed E-state index contributed by atoms with van der Waals surface area (Å²) in [6, 6.07) is 0. The second-order valence-corrected chi connectivity index (χ2v) is 5.77. The molecule has 120 valence electrons. The van der Waals surface area contributed by atoms with Gasteiger partial charge in [-0.25, -0.2) is 9.97 Å². The molecule has 0 spiro atoms. The van der Waals surface area contributed by atoms with Gasteiger partial charge in [-0.2, -0.15) is 0 Å². The average Bonchev–Trinajstić information content (AvgIpc) is 2.43. The maximum absolute atomic E-state index is 5.58. The highest BCUT2D eigenvalue weighted by Crippen LogP contribution is 2.19. The van der Waals surface area contributed by atoms with Gasteiger partial charge >= 0.3 is 0 Å².